The second kappa shape index (κ2) is 11.1. The zero-order chi connectivity index (χ0) is 22.2. The Morgan fingerprint density at radius 3 is 2.58 bits per heavy atom. The minimum Gasteiger partial charge on any atom is -0.371 e. The average Bonchev–Trinajstić information content (AvgIpc) is 2.74. The van der Waals surface area contributed by atoms with E-state index in [0.29, 0.717) is 24.7 Å². The SMILES string of the molecule is CCNC(=NCc1ccc(F)c(CN(C)C)c1)NC1CCN(c2cccc(F)c2)CC1. The lowest BCUT2D eigenvalue weighted by atomic mass is 10.0. The molecule has 2 aromatic rings. The van der Waals surface area contributed by atoms with Gasteiger partial charge >= 0.3 is 0 Å². The van der Waals surface area contributed by atoms with Crippen LogP contribution in [0.3, 0.4) is 0 Å². The number of anilines is 1. The first-order valence-electron chi connectivity index (χ1n) is 10.9. The Morgan fingerprint density at radius 2 is 1.90 bits per heavy atom. The smallest absolute Gasteiger partial charge is 0.191 e. The van der Waals surface area contributed by atoms with Gasteiger partial charge in [-0.2, -0.15) is 0 Å². The van der Waals surface area contributed by atoms with Gasteiger partial charge in [-0.1, -0.05) is 12.1 Å². The van der Waals surface area contributed by atoms with E-state index in [1.54, 1.807) is 18.2 Å². The molecule has 5 nitrogen and oxygen atoms in total. The molecule has 1 fully saturated rings. The predicted molar refractivity (Wildman–Crippen MR) is 123 cm³/mol. The maximum absolute atomic E-state index is 14.0. The number of nitrogens with zero attached hydrogens (tertiary/aromatic N) is 3. The number of halogens is 2. The van der Waals surface area contributed by atoms with Crippen LogP contribution in [-0.4, -0.2) is 50.6 Å². The highest BCUT2D eigenvalue weighted by Crippen LogP contribution is 2.21. The van der Waals surface area contributed by atoms with Gasteiger partial charge in [0.15, 0.2) is 5.96 Å². The summed E-state index contributed by atoms with van der Waals surface area (Å²) >= 11 is 0. The quantitative estimate of drug-likeness (QED) is 0.520. The molecular formula is C24H33F2N5. The highest BCUT2D eigenvalue weighted by molar-refractivity contribution is 5.80. The number of aliphatic imine (C=N–C) groups is 1. The van der Waals surface area contributed by atoms with Gasteiger partial charge in [0.05, 0.1) is 6.54 Å². The maximum atomic E-state index is 14.0. The third kappa shape index (κ3) is 6.92. The molecule has 1 aliphatic heterocycles. The van der Waals surface area contributed by atoms with E-state index in [1.165, 1.54) is 12.1 Å². The van der Waals surface area contributed by atoms with Gasteiger partial charge in [-0.05, 0) is 69.8 Å². The lowest BCUT2D eigenvalue weighted by molar-refractivity contribution is 0.392. The van der Waals surface area contributed by atoms with Gasteiger partial charge in [-0.25, -0.2) is 13.8 Å². The molecule has 0 aliphatic carbocycles. The van der Waals surface area contributed by atoms with E-state index in [9.17, 15) is 8.78 Å². The van der Waals surface area contributed by atoms with Crippen LogP contribution in [-0.2, 0) is 13.1 Å². The summed E-state index contributed by atoms with van der Waals surface area (Å²) in [6.45, 7) is 5.59. The highest BCUT2D eigenvalue weighted by Gasteiger charge is 2.20. The molecule has 2 aromatic carbocycles. The number of guanidine groups is 1. The Balaban J connectivity index is 1.58. The zero-order valence-corrected chi connectivity index (χ0v) is 18.7. The fraction of sp³-hybridized carbons (Fsp3) is 0.458. The molecule has 3 rings (SSSR count). The molecule has 1 saturated heterocycles. The molecule has 0 aromatic heterocycles. The zero-order valence-electron chi connectivity index (χ0n) is 18.7. The van der Waals surface area contributed by atoms with E-state index in [2.05, 4.69) is 15.5 Å². The highest BCUT2D eigenvalue weighted by atomic mass is 19.1. The summed E-state index contributed by atoms with van der Waals surface area (Å²) in [7, 11) is 3.86. The Hall–Kier alpha value is -2.67. The average molecular weight is 430 g/mol. The van der Waals surface area contributed by atoms with Crippen molar-refractivity contribution in [2.45, 2.75) is 38.9 Å². The van der Waals surface area contributed by atoms with Crippen molar-refractivity contribution in [3.8, 4) is 0 Å². The van der Waals surface area contributed by atoms with Crippen molar-refractivity contribution >= 4 is 11.6 Å². The summed E-state index contributed by atoms with van der Waals surface area (Å²) in [6.07, 6.45) is 1.90. The summed E-state index contributed by atoms with van der Waals surface area (Å²) in [6, 6.07) is 12.3. The Bertz CT molecular complexity index is 876. The first kappa shape index (κ1) is 23.0. The molecule has 2 N–H and O–H groups in total. The molecule has 1 heterocycles. The first-order valence-corrected chi connectivity index (χ1v) is 10.9. The summed E-state index contributed by atoms with van der Waals surface area (Å²) in [4.78, 5) is 8.88. The topological polar surface area (TPSA) is 42.9 Å². The van der Waals surface area contributed by atoms with Gasteiger partial charge < -0.3 is 20.4 Å². The molecule has 0 atom stereocenters. The third-order valence-electron chi connectivity index (χ3n) is 5.37. The molecule has 0 radical (unpaired) electrons. The monoisotopic (exact) mass is 429 g/mol. The molecule has 168 valence electrons. The maximum Gasteiger partial charge on any atom is 0.191 e. The fourth-order valence-corrected chi connectivity index (χ4v) is 3.83. The normalized spacial score (nSPS) is 15.4. The van der Waals surface area contributed by atoms with E-state index >= 15 is 0 Å². The largest absolute Gasteiger partial charge is 0.371 e. The number of nitrogens with one attached hydrogen (secondary N) is 2. The van der Waals surface area contributed by atoms with Crippen LogP contribution < -0.4 is 15.5 Å². The Morgan fingerprint density at radius 1 is 1.13 bits per heavy atom. The van der Waals surface area contributed by atoms with Crippen molar-refractivity contribution in [2.24, 2.45) is 4.99 Å². The van der Waals surface area contributed by atoms with E-state index < -0.39 is 0 Å². The third-order valence-corrected chi connectivity index (χ3v) is 5.37. The Kier molecular flexibility index (Phi) is 8.23. The molecule has 1 aliphatic rings. The van der Waals surface area contributed by atoms with Crippen molar-refractivity contribution in [1.29, 1.82) is 0 Å². The second-order valence-corrected chi connectivity index (χ2v) is 8.24. The second-order valence-electron chi connectivity index (χ2n) is 8.24. The van der Waals surface area contributed by atoms with Gasteiger partial charge in [0, 0.05) is 43.5 Å². The van der Waals surface area contributed by atoms with Crippen LogP contribution in [0.1, 0.15) is 30.9 Å². The summed E-state index contributed by atoms with van der Waals surface area (Å²) in [5.74, 6) is 0.385. The van der Waals surface area contributed by atoms with Crippen molar-refractivity contribution in [3.63, 3.8) is 0 Å². The van der Waals surface area contributed by atoms with E-state index in [-0.39, 0.29) is 11.6 Å². The lowest BCUT2D eigenvalue weighted by Gasteiger charge is -2.34. The van der Waals surface area contributed by atoms with E-state index in [1.807, 2.05) is 38.1 Å². The lowest BCUT2D eigenvalue weighted by Crippen LogP contribution is -2.48. The molecular weight excluding hydrogens is 396 g/mol. The first-order chi connectivity index (χ1) is 14.9. The molecule has 31 heavy (non-hydrogen) atoms. The molecule has 0 bridgehead atoms. The molecule has 0 saturated carbocycles. The van der Waals surface area contributed by atoms with Gasteiger partial charge in [-0.15, -0.1) is 0 Å². The minimum absolute atomic E-state index is 0.184. The molecule has 0 unspecified atom stereocenters. The van der Waals surface area contributed by atoms with E-state index in [4.69, 9.17) is 4.99 Å². The van der Waals surface area contributed by atoms with Gasteiger partial charge in [0.25, 0.3) is 0 Å². The standard InChI is InChI=1S/C24H33F2N5/c1-4-27-24(28-16-18-8-9-23(26)19(14-18)17-30(2)3)29-21-10-12-31(13-11-21)22-7-5-6-20(25)15-22/h5-9,14-15,21H,4,10-13,16-17H2,1-3H3,(H2,27,28,29). The number of hydrogen-bond acceptors (Lipinski definition) is 3. The Labute approximate surface area is 184 Å². The van der Waals surface area contributed by atoms with Crippen LogP contribution in [0.2, 0.25) is 0 Å². The van der Waals surface area contributed by atoms with E-state index in [0.717, 1.165) is 49.7 Å². The number of rotatable bonds is 7. The summed E-state index contributed by atoms with van der Waals surface area (Å²) in [5, 5.41) is 6.83. The van der Waals surface area contributed by atoms with Gasteiger partial charge in [-0.3, -0.25) is 0 Å². The van der Waals surface area contributed by atoms with Crippen LogP contribution in [0.25, 0.3) is 0 Å². The van der Waals surface area contributed by atoms with Crippen molar-refractivity contribution < 1.29 is 8.78 Å². The van der Waals surface area contributed by atoms with Crippen molar-refractivity contribution in [3.05, 3.63) is 65.2 Å². The van der Waals surface area contributed by atoms with Gasteiger partial charge in [0.2, 0.25) is 0 Å². The summed E-state index contributed by atoms with van der Waals surface area (Å²) in [5.41, 5.74) is 2.60. The minimum atomic E-state index is -0.200. The summed E-state index contributed by atoms with van der Waals surface area (Å²) < 4.78 is 27.5. The fourth-order valence-electron chi connectivity index (χ4n) is 3.83. The number of piperidine rings is 1. The predicted octanol–water partition coefficient (Wildman–Crippen LogP) is 3.75. The van der Waals surface area contributed by atoms with Crippen LogP contribution in [0.4, 0.5) is 14.5 Å². The molecule has 7 heteroatoms. The number of benzene rings is 2. The molecule has 0 spiro atoms. The van der Waals surface area contributed by atoms with Crippen molar-refractivity contribution in [1.82, 2.24) is 15.5 Å². The van der Waals surface area contributed by atoms with Crippen LogP contribution in [0.15, 0.2) is 47.5 Å². The van der Waals surface area contributed by atoms with Crippen LogP contribution >= 0.6 is 0 Å². The van der Waals surface area contributed by atoms with Crippen LogP contribution in [0.5, 0.6) is 0 Å². The van der Waals surface area contributed by atoms with Crippen molar-refractivity contribution in [2.75, 3.05) is 38.6 Å². The van der Waals surface area contributed by atoms with Gasteiger partial charge in [0.1, 0.15) is 11.6 Å². The molecule has 0 amide bonds. The van der Waals surface area contributed by atoms with Crippen LogP contribution in [0, 0.1) is 11.6 Å². The number of hydrogen-bond donors (Lipinski definition) is 2.